The van der Waals surface area contributed by atoms with Crippen molar-refractivity contribution in [1.29, 1.82) is 0 Å². The molecule has 0 fully saturated rings. The Morgan fingerprint density at radius 1 is 1.24 bits per heavy atom. The Hall–Kier alpha value is -1.61. The predicted molar refractivity (Wildman–Crippen MR) is 89.1 cm³/mol. The van der Waals surface area contributed by atoms with Gasteiger partial charge in [0.15, 0.2) is 0 Å². The van der Waals surface area contributed by atoms with E-state index in [1.165, 1.54) is 20.8 Å². The molecule has 2 nitrogen and oxygen atoms in total. The van der Waals surface area contributed by atoms with Gasteiger partial charge >= 0.3 is 0 Å². The quantitative estimate of drug-likeness (QED) is 0.746. The summed E-state index contributed by atoms with van der Waals surface area (Å²) in [6.07, 6.45) is 6.62. The molecule has 3 rings (SSSR count). The zero-order valence-electron chi connectivity index (χ0n) is 13.1. The minimum atomic E-state index is 0.265. The molecule has 0 spiro atoms. The molecule has 0 aliphatic heterocycles. The van der Waals surface area contributed by atoms with Gasteiger partial charge in [-0.2, -0.15) is 4.57 Å². The second kappa shape index (κ2) is 5.30. The normalized spacial score (nSPS) is 19.8. The smallest absolute Gasteiger partial charge is 0.262 e. The minimum absolute atomic E-state index is 0.265. The standard InChI is InChI=1S/C18H22NOS/c1-18(2)11-13(9-14(12-18)20-4)10-17-19(3)15-7-5-6-8-16(15)21-17/h5-10H,11-12H2,1-4H3/q+1. The summed E-state index contributed by atoms with van der Waals surface area (Å²) in [5.41, 5.74) is 2.91. The summed E-state index contributed by atoms with van der Waals surface area (Å²) in [4.78, 5) is 0. The van der Waals surface area contributed by atoms with E-state index in [9.17, 15) is 0 Å². The Balaban J connectivity index is 2.05. The van der Waals surface area contributed by atoms with E-state index < -0.39 is 0 Å². The van der Waals surface area contributed by atoms with Crippen LogP contribution in [0.4, 0.5) is 0 Å². The van der Waals surface area contributed by atoms with Crippen LogP contribution in [0.1, 0.15) is 31.7 Å². The molecular formula is C18H22NOS+. The van der Waals surface area contributed by atoms with Gasteiger partial charge in [0.05, 0.1) is 12.9 Å². The first-order valence-electron chi connectivity index (χ1n) is 7.31. The molecule has 1 aromatic heterocycles. The summed E-state index contributed by atoms with van der Waals surface area (Å²) < 4.78 is 9.10. The van der Waals surface area contributed by atoms with Gasteiger partial charge in [0, 0.05) is 18.6 Å². The molecule has 0 atom stereocenters. The molecule has 0 amide bonds. The number of benzene rings is 1. The number of nitrogens with zero attached hydrogens (tertiary/aromatic N) is 1. The largest absolute Gasteiger partial charge is 0.501 e. The van der Waals surface area contributed by atoms with E-state index in [-0.39, 0.29) is 5.41 Å². The van der Waals surface area contributed by atoms with Gasteiger partial charge in [-0.05, 0) is 29.6 Å². The fourth-order valence-corrected chi connectivity index (χ4v) is 4.15. The van der Waals surface area contributed by atoms with Crippen LogP contribution in [-0.2, 0) is 11.8 Å². The number of allylic oxidation sites excluding steroid dienone is 3. The molecular weight excluding hydrogens is 278 g/mol. The first kappa shape index (κ1) is 14.3. The van der Waals surface area contributed by atoms with Crippen molar-refractivity contribution in [3.05, 3.63) is 46.7 Å². The summed E-state index contributed by atoms with van der Waals surface area (Å²) in [5.74, 6) is 1.08. The van der Waals surface area contributed by atoms with Gasteiger partial charge in [0.1, 0.15) is 11.7 Å². The molecule has 0 N–H and O–H groups in total. The number of fused-ring (bicyclic) bond motifs is 1. The van der Waals surface area contributed by atoms with Gasteiger partial charge in [-0.3, -0.25) is 0 Å². The van der Waals surface area contributed by atoms with Gasteiger partial charge in [-0.25, -0.2) is 0 Å². The zero-order chi connectivity index (χ0) is 15.0. The van der Waals surface area contributed by atoms with Crippen molar-refractivity contribution in [2.75, 3.05) is 7.11 Å². The molecule has 3 heteroatoms. The fourth-order valence-electron chi connectivity index (χ4n) is 3.02. The van der Waals surface area contributed by atoms with Crippen LogP contribution < -0.4 is 4.57 Å². The van der Waals surface area contributed by atoms with E-state index in [1.807, 2.05) is 11.3 Å². The lowest BCUT2D eigenvalue weighted by Crippen LogP contribution is -2.29. The molecule has 0 saturated heterocycles. The first-order valence-corrected chi connectivity index (χ1v) is 8.13. The minimum Gasteiger partial charge on any atom is -0.501 e. The number of aromatic nitrogens is 1. The van der Waals surface area contributed by atoms with Gasteiger partial charge in [0.2, 0.25) is 5.52 Å². The van der Waals surface area contributed by atoms with E-state index >= 15 is 0 Å². The third-order valence-corrected chi connectivity index (χ3v) is 5.19. The highest BCUT2D eigenvalue weighted by molar-refractivity contribution is 7.18. The fraction of sp³-hybridized carbons (Fsp3) is 0.389. The number of rotatable bonds is 2. The first-order chi connectivity index (χ1) is 9.98. The highest BCUT2D eigenvalue weighted by Gasteiger charge is 2.27. The monoisotopic (exact) mass is 300 g/mol. The van der Waals surface area contributed by atoms with Crippen LogP contribution in [0.3, 0.4) is 0 Å². The van der Waals surface area contributed by atoms with E-state index in [1.54, 1.807) is 7.11 Å². The Labute approximate surface area is 130 Å². The molecule has 0 radical (unpaired) electrons. The second-order valence-corrected chi connectivity index (χ2v) is 7.58. The van der Waals surface area contributed by atoms with Crippen LogP contribution >= 0.6 is 11.3 Å². The number of aryl methyl sites for hydroxylation is 1. The van der Waals surface area contributed by atoms with Gasteiger partial charge in [-0.15, -0.1) is 0 Å². The van der Waals surface area contributed by atoms with Gasteiger partial charge in [-0.1, -0.05) is 37.3 Å². The summed E-state index contributed by atoms with van der Waals surface area (Å²) in [6.45, 7) is 4.61. The molecule has 1 aliphatic rings. The van der Waals surface area contributed by atoms with Gasteiger partial charge in [0.25, 0.3) is 5.01 Å². The van der Waals surface area contributed by atoms with E-state index in [0.717, 1.165) is 18.6 Å². The maximum Gasteiger partial charge on any atom is 0.262 e. The van der Waals surface area contributed by atoms with Crippen LogP contribution in [0.25, 0.3) is 16.3 Å². The number of hydrogen-bond acceptors (Lipinski definition) is 2. The van der Waals surface area contributed by atoms with Crippen molar-refractivity contribution in [2.24, 2.45) is 12.5 Å². The Kier molecular flexibility index (Phi) is 3.62. The van der Waals surface area contributed by atoms with Crippen molar-refractivity contribution in [3.63, 3.8) is 0 Å². The third-order valence-electron chi connectivity index (χ3n) is 4.02. The molecule has 0 bridgehead atoms. The Morgan fingerprint density at radius 3 is 2.71 bits per heavy atom. The molecule has 0 saturated carbocycles. The number of ether oxygens (including phenoxy) is 1. The lowest BCUT2D eigenvalue weighted by Gasteiger charge is -2.30. The van der Waals surface area contributed by atoms with Crippen molar-refractivity contribution in [3.8, 4) is 0 Å². The van der Waals surface area contributed by atoms with Crippen LogP contribution in [-0.4, -0.2) is 7.11 Å². The molecule has 0 unspecified atom stereocenters. The Morgan fingerprint density at radius 2 is 2.00 bits per heavy atom. The Bertz CT molecular complexity index is 737. The second-order valence-electron chi connectivity index (χ2n) is 6.52. The van der Waals surface area contributed by atoms with Crippen LogP contribution in [0.2, 0.25) is 0 Å². The van der Waals surface area contributed by atoms with Crippen molar-refractivity contribution < 1.29 is 9.30 Å². The van der Waals surface area contributed by atoms with Crippen LogP contribution in [0, 0.1) is 5.41 Å². The van der Waals surface area contributed by atoms with Crippen molar-refractivity contribution in [2.45, 2.75) is 26.7 Å². The highest BCUT2D eigenvalue weighted by Crippen LogP contribution is 2.39. The number of para-hydroxylation sites is 1. The average Bonchev–Trinajstić information content (AvgIpc) is 2.74. The predicted octanol–water partition coefficient (Wildman–Crippen LogP) is 4.46. The highest BCUT2D eigenvalue weighted by atomic mass is 32.1. The summed E-state index contributed by atoms with van der Waals surface area (Å²) in [5, 5.41) is 1.29. The van der Waals surface area contributed by atoms with Crippen molar-refractivity contribution >= 4 is 27.6 Å². The number of thiazole rings is 1. The zero-order valence-corrected chi connectivity index (χ0v) is 14.0. The SMILES string of the molecule is COC1=CC(=Cc2sc3ccccc3[n+]2C)CC(C)(C)C1. The number of hydrogen-bond donors (Lipinski definition) is 0. The van der Waals surface area contributed by atoms with Crippen LogP contribution in [0.15, 0.2) is 41.7 Å². The summed E-state index contributed by atoms with van der Waals surface area (Å²) >= 11 is 1.84. The topological polar surface area (TPSA) is 13.1 Å². The average molecular weight is 300 g/mol. The van der Waals surface area contributed by atoms with E-state index in [2.05, 4.69) is 61.9 Å². The molecule has 1 heterocycles. The molecule has 1 aromatic carbocycles. The molecule has 21 heavy (non-hydrogen) atoms. The van der Waals surface area contributed by atoms with Crippen LogP contribution in [0.5, 0.6) is 0 Å². The molecule has 2 aromatic rings. The maximum atomic E-state index is 5.50. The maximum absolute atomic E-state index is 5.50. The lowest BCUT2D eigenvalue weighted by molar-refractivity contribution is -0.642. The third kappa shape index (κ3) is 2.88. The summed E-state index contributed by atoms with van der Waals surface area (Å²) in [6, 6.07) is 8.55. The van der Waals surface area contributed by atoms with Gasteiger partial charge < -0.3 is 4.74 Å². The summed E-state index contributed by atoms with van der Waals surface area (Å²) in [7, 11) is 3.91. The molecule has 110 valence electrons. The van der Waals surface area contributed by atoms with E-state index in [0.29, 0.717) is 0 Å². The number of methoxy groups -OCH3 is 1. The molecule has 1 aliphatic carbocycles. The van der Waals surface area contributed by atoms with E-state index in [4.69, 9.17) is 4.74 Å². The lowest BCUT2D eigenvalue weighted by atomic mass is 9.78. The van der Waals surface area contributed by atoms with Crippen molar-refractivity contribution in [1.82, 2.24) is 0 Å².